The number of benzene rings is 1. The molecule has 3 heterocycles. The van der Waals surface area contributed by atoms with Gasteiger partial charge in [0.25, 0.3) is 5.69 Å². The van der Waals surface area contributed by atoms with Crippen LogP contribution >= 0.6 is 0 Å². The molecule has 0 bridgehead atoms. The smallest absolute Gasteiger partial charge is 0.272 e. The fraction of sp³-hybridized carbons (Fsp3) is 0.375. The lowest BCUT2D eigenvalue weighted by Gasteiger charge is -2.32. The molecule has 1 saturated heterocycles. The summed E-state index contributed by atoms with van der Waals surface area (Å²) in [5, 5.41) is 25.0. The maximum Gasteiger partial charge on any atom is 0.272 e. The van der Waals surface area contributed by atoms with E-state index in [1.807, 2.05) is 18.2 Å². The molecule has 1 fully saturated rings. The summed E-state index contributed by atoms with van der Waals surface area (Å²) in [6.07, 6.45) is 5.88. The molecule has 170 valence electrons. The minimum absolute atomic E-state index is 0.0645. The van der Waals surface area contributed by atoms with E-state index in [1.165, 1.54) is 18.3 Å². The van der Waals surface area contributed by atoms with Gasteiger partial charge < -0.3 is 15.0 Å². The van der Waals surface area contributed by atoms with Crippen molar-refractivity contribution < 1.29 is 9.66 Å². The van der Waals surface area contributed by atoms with Gasteiger partial charge >= 0.3 is 0 Å². The maximum absolute atomic E-state index is 10.9. The summed E-state index contributed by atoms with van der Waals surface area (Å²) < 4.78 is 5.36. The summed E-state index contributed by atoms with van der Waals surface area (Å²) in [6, 6.07) is 11.3. The van der Waals surface area contributed by atoms with Gasteiger partial charge in [-0.3, -0.25) is 20.1 Å². The third-order valence-corrected chi connectivity index (χ3v) is 6.16. The molecule has 1 aromatic carbocycles. The molecular weight excluding hydrogens is 420 g/mol. The number of fused-ring (bicyclic) bond motifs is 1. The Morgan fingerprint density at radius 3 is 2.82 bits per heavy atom. The quantitative estimate of drug-likeness (QED) is 0.414. The Kier molecular flexibility index (Phi) is 7.07. The summed E-state index contributed by atoms with van der Waals surface area (Å²) in [7, 11) is 1.63. The van der Waals surface area contributed by atoms with Crippen molar-refractivity contribution in [1.29, 1.82) is 5.26 Å². The molecule has 1 aliphatic rings. The summed E-state index contributed by atoms with van der Waals surface area (Å²) in [4.78, 5) is 21.6. The highest BCUT2D eigenvalue weighted by atomic mass is 16.6. The van der Waals surface area contributed by atoms with E-state index in [-0.39, 0.29) is 5.69 Å². The minimum Gasteiger partial charge on any atom is -0.497 e. The molecule has 0 spiro atoms. The first-order valence-electron chi connectivity index (χ1n) is 11.0. The van der Waals surface area contributed by atoms with Gasteiger partial charge in [0.15, 0.2) is 0 Å². The van der Waals surface area contributed by atoms with Crippen molar-refractivity contribution in [1.82, 2.24) is 20.2 Å². The van der Waals surface area contributed by atoms with Crippen molar-refractivity contribution in [3.8, 4) is 11.8 Å². The number of hydrogen-bond donors (Lipinski definition) is 1. The Morgan fingerprint density at radius 2 is 2.09 bits per heavy atom. The molecule has 0 aliphatic carbocycles. The molecule has 33 heavy (non-hydrogen) atoms. The second-order valence-corrected chi connectivity index (χ2v) is 8.15. The topological polar surface area (TPSA) is 117 Å². The average Bonchev–Trinajstić information content (AvgIpc) is 2.86. The molecule has 1 aliphatic heterocycles. The van der Waals surface area contributed by atoms with Crippen LogP contribution in [0.25, 0.3) is 10.9 Å². The van der Waals surface area contributed by atoms with Crippen LogP contribution in [-0.4, -0.2) is 52.6 Å². The van der Waals surface area contributed by atoms with Gasteiger partial charge in [-0.1, -0.05) is 0 Å². The van der Waals surface area contributed by atoms with Gasteiger partial charge in [0.1, 0.15) is 11.8 Å². The molecule has 0 amide bonds. The lowest BCUT2D eigenvalue weighted by molar-refractivity contribution is -0.385. The fourth-order valence-corrected chi connectivity index (χ4v) is 4.27. The lowest BCUT2D eigenvalue weighted by Crippen LogP contribution is -2.43. The van der Waals surface area contributed by atoms with Gasteiger partial charge in [-0.2, -0.15) is 5.26 Å². The Hall–Kier alpha value is -3.61. The van der Waals surface area contributed by atoms with Crippen molar-refractivity contribution in [3.05, 3.63) is 69.7 Å². The molecule has 9 nitrogen and oxygen atoms in total. The molecule has 1 N–H and O–H groups in total. The van der Waals surface area contributed by atoms with Crippen LogP contribution in [0.2, 0.25) is 0 Å². The van der Waals surface area contributed by atoms with E-state index >= 15 is 0 Å². The van der Waals surface area contributed by atoms with Gasteiger partial charge in [0, 0.05) is 49.0 Å². The molecule has 2 aromatic heterocycles. The largest absolute Gasteiger partial charge is 0.497 e. The number of hydrogen-bond acceptors (Lipinski definition) is 8. The molecular formula is C24H26N6O3. The second kappa shape index (κ2) is 10.3. The highest BCUT2D eigenvalue weighted by molar-refractivity contribution is 5.85. The number of nitrogens with zero attached hydrogens (tertiary/aromatic N) is 5. The number of likely N-dealkylation sites (tertiary alicyclic amines) is 1. The first kappa shape index (κ1) is 22.6. The molecule has 0 saturated carbocycles. The summed E-state index contributed by atoms with van der Waals surface area (Å²) in [6.45, 7) is 3.29. The van der Waals surface area contributed by atoms with Crippen LogP contribution < -0.4 is 10.1 Å². The van der Waals surface area contributed by atoms with Crippen molar-refractivity contribution in [2.45, 2.75) is 31.8 Å². The van der Waals surface area contributed by atoms with Crippen molar-refractivity contribution in [3.63, 3.8) is 0 Å². The van der Waals surface area contributed by atoms with E-state index in [0.717, 1.165) is 61.1 Å². The Bertz CT molecular complexity index is 1180. The standard InChI is InChI=1S/C24H26N6O3/c1-33-21-2-3-24-23(13-21)22(17(14-25)15-28-24)7-11-29-9-5-18(6-10-29)27-16-19-12-20(30(31)32)4-8-26-19/h2-4,8,12-13,15,18,27H,5-7,9-11,16H2,1H3. The summed E-state index contributed by atoms with van der Waals surface area (Å²) in [5.74, 6) is 0.755. The number of nitriles is 1. The zero-order valence-electron chi connectivity index (χ0n) is 18.5. The maximum atomic E-state index is 10.9. The van der Waals surface area contributed by atoms with Crippen LogP contribution in [0.3, 0.4) is 0 Å². The van der Waals surface area contributed by atoms with Crippen LogP contribution in [-0.2, 0) is 13.0 Å². The number of nitrogens with one attached hydrogen (secondary N) is 1. The minimum atomic E-state index is -0.399. The Balaban J connectivity index is 1.33. The van der Waals surface area contributed by atoms with Crippen LogP contribution in [0.4, 0.5) is 5.69 Å². The normalized spacial score (nSPS) is 14.8. The van der Waals surface area contributed by atoms with Gasteiger partial charge in [0.2, 0.25) is 0 Å². The zero-order chi connectivity index (χ0) is 23.2. The number of rotatable bonds is 8. The van der Waals surface area contributed by atoms with Crippen LogP contribution in [0, 0.1) is 21.4 Å². The first-order valence-corrected chi connectivity index (χ1v) is 11.0. The molecule has 4 rings (SSSR count). The second-order valence-electron chi connectivity index (χ2n) is 8.15. The summed E-state index contributed by atoms with van der Waals surface area (Å²) >= 11 is 0. The third-order valence-electron chi connectivity index (χ3n) is 6.16. The predicted molar refractivity (Wildman–Crippen MR) is 124 cm³/mol. The van der Waals surface area contributed by atoms with Crippen LogP contribution in [0.15, 0.2) is 42.7 Å². The van der Waals surface area contributed by atoms with Crippen molar-refractivity contribution in [2.24, 2.45) is 0 Å². The highest BCUT2D eigenvalue weighted by Gasteiger charge is 2.20. The van der Waals surface area contributed by atoms with E-state index < -0.39 is 4.92 Å². The zero-order valence-corrected chi connectivity index (χ0v) is 18.5. The average molecular weight is 447 g/mol. The number of nitro groups is 1. The highest BCUT2D eigenvalue weighted by Crippen LogP contribution is 2.26. The van der Waals surface area contributed by atoms with E-state index in [9.17, 15) is 15.4 Å². The van der Waals surface area contributed by atoms with E-state index in [1.54, 1.807) is 13.3 Å². The number of methoxy groups -OCH3 is 1. The SMILES string of the molecule is COc1ccc2ncc(C#N)c(CCN3CCC(NCc4cc([N+](=O)[O-])ccn4)CC3)c2c1. The molecule has 0 atom stereocenters. The van der Waals surface area contributed by atoms with Gasteiger partial charge in [-0.15, -0.1) is 0 Å². The van der Waals surface area contributed by atoms with Crippen molar-refractivity contribution in [2.75, 3.05) is 26.7 Å². The lowest BCUT2D eigenvalue weighted by atomic mass is 9.99. The number of aromatic nitrogens is 2. The monoisotopic (exact) mass is 446 g/mol. The molecule has 9 heteroatoms. The first-order chi connectivity index (χ1) is 16.1. The fourth-order valence-electron chi connectivity index (χ4n) is 4.27. The van der Waals surface area contributed by atoms with E-state index in [4.69, 9.17) is 4.74 Å². The van der Waals surface area contributed by atoms with E-state index in [0.29, 0.717) is 23.8 Å². The van der Waals surface area contributed by atoms with Gasteiger partial charge in [-0.05, 0) is 56.1 Å². The Labute approximate surface area is 192 Å². The third kappa shape index (κ3) is 5.42. The van der Waals surface area contributed by atoms with Crippen LogP contribution in [0.1, 0.15) is 29.7 Å². The van der Waals surface area contributed by atoms with Crippen molar-refractivity contribution >= 4 is 16.6 Å². The molecule has 0 unspecified atom stereocenters. The van der Waals surface area contributed by atoms with Gasteiger partial charge in [0.05, 0.1) is 28.8 Å². The van der Waals surface area contributed by atoms with Crippen LogP contribution in [0.5, 0.6) is 5.75 Å². The summed E-state index contributed by atoms with van der Waals surface area (Å²) in [5.41, 5.74) is 3.22. The predicted octanol–water partition coefficient (Wildman–Crippen LogP) is 3.21. The molecule has 0 radical (unpaired) electrons. The number of pyridine rings is 2. The number of piperidine rings is 1. The molecule has 3 aromatic rings. The van der Waals surface area contributed by atoms with E-state index in [2.05, 4.69) is 26.3 Å². The Morgan fingerprint density at radius 1 is 1.27 bits per heavy atom. The van der Waals surface area contributed by atoms with Gasteiger partial charge in [-0.25, -0.2) is 0 Å². The number of ether oxygens (including phenoxy) is 1.